The first kappa shape index (κ1) is 23.6. The first-order valence-electron chi connectivity index (χ1n) is 14.8. The first-order valence-corrected chi connectivity index (χ1v) is 14.8. The van der Waals surface area contributed by atoms with Crippen molar-refractivity contribution in [3.8, 4) is 0 Å². The molecule has 0 radical (unpaired) electrons. The predicted molar refractivity (Wildman–Crippen MR) is 180 cm³/mol. The summed E-state index contributed by atoms with van der Waals surface area (Å²) in [4.78, 5) is 2.32. The summed E-state index contributed by atoms with van der Waals surface area (Å²) in [5.74, 6) is 0. The summed E-state index contributed by atoms with van der Waals surface area (Å²) in [6, 6.07) is 48.5. The third-order valence-electron chi connectivity index (χ3n) is 8.84. The highest BCUT2D eigenvalue weighted by Crippen LogP contribution is 2.43. The van der Waals surface area contributed by atoms with Gasteiger partial charge in [-0.05, 0) is 83.6 Å². The lowest BCUT2D eigenvalue weighted by atomic mass is 10.0. The van der Waals surface area contributed by atoms with E-state index < -0.39 is 0 Å². The normalized spacial score (nSPS) is 12.1. The molecule has 44 heavy (non-hydrogen) atoms. The zero-order valence-electron chi connectivity index (χ0n) is 23.5. The Morgan fingerprint density at radius 2 is 0.727 bits per heavy atom. The van der Waals surface area contributed by atoms with Crippen LogP contribution in [0.2, 0.25) is 0 Å². The van der Waals surface area contributed by atoms with E-state index in [0.717, 1.165) is 88.3 Å². The fourth-order valence-electron chi connectivity index (χ4n) is 6.82. The lowest BCUT2D eigenvalue weighted by molar-refractivity contribution is 0.668. The zero-order chi connectivity index (χ0) is 28.8. The van der Waals surface area contributed by atoms with E-state index in [2.05, 4.69) is 108 Å². The van der Waals surface area contributed by atoms with E-state index in [0.29, 0.717) is 0 Å². The minimum atomic E-state index is 0.872. The van der Waals surface area contributed by atoms with Gasteiger partial charge < -0.3 is 18.2 Å². The van der Waals surface area contributed by atoms with E-state index in [1.54, 1.807) is 0 Å². The molecule has 3 heterocycles. The van der Waals surface area contributed by atoms with Gasteiger partial charge in [-0.1, -0.05) is 66.7 Å². The van der Waals surface area contributed by atoms with Crippen molar-refractivity contribution in [3.63, 3.8) is 0 Å². The van der Waals surface area contributed by atoms with Gasteiger partial charge in [0.15, 0.2) is 0 Å². The minimum absolute atomic E-state index is 0.872. The lowest BCUT2D eigenvalue weighted by Gasteiger charge is -2.26. The molecule has 4 nitrogen and oxygen atoms in total. The van der Waals surface area contributed by atoms with Gasteiger partial charge in [-0.25, -0.2) is 0 Å². The van der Waals surface area contributed by atoms with Crippen LogP contribution in [0, 0.1) is 0 Å². The average molecular weight is 566 g/mol. The average Bonchev–Trinajstić information content (AvgIpc) is 3.76. The van der Waals surface area contributed by atoms with Crippen LogP contribution < -0.4 is 4.90 Å². The number of fused-ring (bicyclic) bond motifs is 11. The molecular formula is C40H23NO3. The van der Waals surface area contributed by atoms with Gasteiger partial charge in [0.2, 0.25) is 0 Å². The molecular weight excluding hydrogens is 542 g/mol. The van der Waals surface area contributed by atoms with E-state index in [4.69, 9.17) is 13.3 Å². The number of hydrogen-bond acceptors (Lipinski definition) is 4. The van der Waals surface area contributed by atoms with Crippen molar-refractivity contribution in [2.45, 2.75) is 0 Å². The second-order valence-corrected chi connectivity index (χ2v) is 11.3. The molecule has 0 atom stereocenters. The van der Waals surface area contributed by atoms with Gasteiger partial charge in [-0.2, -0.15) is 0 Å². The molecule has 206 valence electrons. The second kappa shape index (κ2) is 8.76. The van der Waals surface area contributed by atoms with Crippen molar-refractivity contribution in [2.75, 3.05) is 4.90 Å². The molecule has 0 amide bonds. The fourth-order valence-corrected chi connectivity index (χ4v) is 6.82. The molecule has 0 aliphatic carbocycles. The number of nitrogens with zero attached hydrogens (tertiary/aromatic N) is 1. The Hall–Kier alpha value is -6.00. The number of furan rings is 3. The molecule has 3 aromatic heterocycles. The van der Waals surface area contributed by atoms with Gasteiger partial charge in [0.05, 0.1) is 0 Å². The summed E-state index contributed by atoms with van der Waals surface area (Å²) < 4.78 is 18.6. The Balaban J connectivity index is 1.27. The van der Waals surface area contributed by atoms with Crippen molar-refractivity contribution in [2.24, 2.45) is 0 Å². The molecule has 0 saturated heterocycles. The van der Waals surface area contributed by atoms with E-state index in [1.807, 2.05) is 36.4 Å². The van der Waals surface area contributed by atoms with Crippen LogP contribution in [0.1, 0.15) is 0 Å². The molecule has 0 saturated carbocycles. The quantitative estimate of drug-likeness (QED) is 0.214. The van der Waals surface area contributed by atoms with Crippen LogP contribution in [0.15, 0.2) is 153 Å². The molecule has 4 heteroatoms. The second-order valence-electron chi connectivity index (χ2n) is 11.3. The molecule has 0 spiro atoms. The SMILES string of the molecule is c1ccc2c(c1)oc1ccc(N(c3ccc4oc5ccccc5c4c3)c3ccc4ccc5oc6ccccc6c5c4c3)cc12. The molecule has 10 rings (SSSR count). The van der Waals surface area contributed by atoms with Crippen molar-refractivity contribution < 1.29 is 13.3 Å². The molecule has 0 N–H and O–H groups in total. The van der Waals surface area contributed by atoms with E-state index in [-0.39, 0.29) is 0 Å². The van der Waals surface area contributed by atoms with Crippen LogP contribution >= 0.6 is 0 Å². The van der Waals surface area contributed by atoms with Gasteiger partial charge in [0, 0.05) is 49.4 Å². The third-order valence-corrected chi connectivity index (χ3v) is 8.84. The number of para-hydroxylation sites is 3. The van der Waals surface area contributed by atoms with E-state index in [1.165, 1.54) is 5.39 Å². The topological polar surface area (TPSA) is 42.7 Å². The van der Waals surface area contributed by atoms with E-state index >= 15 is 0 Å². The van der Waals surface area contributed by atoms with Crippen LogP contribution in [0.4, 0.5) is 17.1 Å². The number of anilines is 3. The Kier molecular flexibility index (Phi) is 4.69. The summed E-state index contributed by atoms with van der Waals surface area (Å²) in [5.41, 5.74) is 8.43. The summed E-state index contributed by atoms with van der Waals surface area (Å²) in [6.07, 6.45) is 0. The number of benzene rings is 7. The van der Waals surface area contributed by atoms with Gasteiger partial charge >= 0.3 is 0 Å². The Labute approximate surface area is 250 Å². The lowest BCUT2D eigenvalue weighted by Crippen LogP contribution is -2.09. The molecule has 7 aromatic carbocycles. The van der Waals surface area contributed by atoms with Crippen LogP contribution in [0.25, 0.3) is 76.6 Å². The predicted octanol–water partition coefficient (Wildman–Crippen LogP) is 12.0. The largest absolute Gasteiger partial charge is 0.456 e. The highest BCUT2D eigenvalue weighted by atomic mass is 16.3. The van der Waals surface area contributed by atoms with Crippen LogP contribution in [0.5, 0.6) is 0 Å². The summed E-state index contributed by atoms with van der Waals surface area (Å²) in [7, 11) is 0. The van der Waals surface area contributed by atoms with Crippen molar-refractivity contribution in [3.05, 3.63) is 140 Å². The zero-order valence-corrected chi connectivity index (χ0v) is 23.5. The Morgan fingerprint density at radius 3 is 1.34 bits per heavy atom. The summed E-state index contributed by atoms with van der Waals surface area (Å²) >= 11 is 0. The number of hydrogen-bond donors (Lipinski definition) is 0. The van der Waals surface area contributed by atoms with E-state index in [9.17, 15) is 0 Å². The summed E-state index contributed by atoms with van der Waals surface area (Å²) in [6.45, 7) is 0. The highest BCUT2D eigenvalue weighted by Gasteiger charge is 2.19. The van der Waals surface area contributed by atoms with Gasteiger partial charge in [-0.15, -0.1) is 0 Å². The van der Waals surface area contributed by atoms with Crippen molar-refractivity contribution in [1.29, 1.82) is 0 Å². The standard InChI is InChI=1S/C40H23NO3/c1-4-10-34-28(7-1)32-22-26(16-19-37(32)42-34)41(27-17-20-38-33(23-27)29-8-2-5-11-35(29)43-38)25-15-13-24-14-18-39-40(31(24)21-25)30-9-3-6-12-36(30)44-39/h1-23H. The van der Waals surface area contributed by atoms with Crippen LogP contribution in [-0.4, -0.2) is 0 Å². The molecule has 0 unspecified atom stereocenters. The molecule has 0 bridgehead atoms. The van der Waals surface area contributed by atoms with Gasteiger partial charge in [-0.3, -0.25) is 0 Å². The number of rotatable bonds is 3. The molecule has 10 aromatic rings. The fraction of sp³-hybridized carbons (Fsp3) is 0. The monoisotopic (exact) mass is 565 g/mol. The smallest absolute Gasteiger partial charge is 0.136 e. The molecule has 0 aliphatic heterocycles. The third kappa shape index (κ3) is 3.33. The Bertz CT molecular complexity index is 2630. The van der Waals surface area contributed by atoms with Gasteiger partial charge in [0.1, 0.15) is 33.5 Å². The highest BCUT2D eigenvalue weighted by molar-refractivity contribution is 6.19. The van der Waals surface area contributed by atoms with Crippen molar-refractivity contribution >= 4 is 93.7 Å². The van der Waals surface area contributed by atoms with Crippen molar-refractivity contribution in [1.82, 2.24) is 0 Å². The van der Waals surface area contributed by atoms with Crippen LogP contribution in [-0.2, 0) is 0 Å². The molecule has 0 aliphatic rings. The van der Waals surface area contributed by atoms with Gasteiger partial charge in [0.25, 0.3) is 0 Å². The first-order chi connectivity index (χ1) is 21.8. The maximum atomic E-state index is 6.26. The minimum Gasteiger partial charge on any atom is -0.456 e. The summed E-state index contributed by atoms with van der Waals surface area (Å²) in [5, 5.41) is 8.95. The maximum Gasteiger partial charge on any atom is 0.136 e. The Morgan fingerprint density at radius 1 is 0.318 bits per heavy atom. The molecule has 0 fully saturated rings. The van der Waals surface area contributed by atoms with Crippen LogP contribution in [0.3, 0.4) is 0 Å². The maximum absolute atomic E-state index is 6.26.